The number of halogens is 4. The monoisotopic (exact) mass is 409 g/mol. The maximum Gasteiger partial charge on any atom is 0.454 e. The molecule has 0 saturated heterocycles. The summed E-state index contributed by atoms with van der Waals surface area (Å²) in [6, 6.07) is 11.0. The standard InChI is InChI=1S/C18H11BrF3NO2/c1-10-14(17(25)18(20,21)22)13-4-2-3-9-23(13)15(10)16(24)11-5-7-12(19)8-6-11/h2-9H,1H3. The summed E-state index contributed by atoms with van der Waals surface area (Å²) >= 11 is 3.26. The van der Waals surface area contributed by atoms with Gasteiger partial charge in [-0.15, -0.1) is 0 Å². The average molecular weight is 410 g/mol. The molecule has 0 unspecified atom stereocenters. The Morgan fingerprint density at radius 1 is 1.04 bits per heavy atom. The first-order valence-corrected chi connectivity index (χ1v) is 8.02. The van der Waals surface area contributed by atoms with E-state index in [-0.39, 0.29) is 16.8 Å². The van der Waals surface area contributed by atoms with Gasteiger partial charge in [0.05, 0.1) is 16.8 Å². The zero-order chi connectivity index (χ0) is 18.4. The summed E-state index contributed by atoms with van der Waals surface area (Å²) < 4.78 is 41.0. The third-order valence-electron chi connectivity index (χ3n) is 3.89. The summed E-state index contributed by atoms with van der Waals surface area (Å²) in [6.07, 6.45) is -3.54. The first-order chi connectivity index (χ1) is 11.7. The maximum absolute atomic E-state index is 13.0. The van der Waals surface area contributed by atoms with E-state index in [4.69, 9.17) is 0 Å². The van der Waals surface area contributed by atoms with Crippen molar-refractivity contribution in [3.63, 3.8) is 0 Å². The molecule has 25 heavy (non-hydrogen) atoms. The molecule has 0 fully saturated rings. The van der Waals surface area contributed by atoms with Crippen molar-refractivity contribution in [1.29, 1.82) is 0 Å². The largest absolute Gasteiger partial charge is 0.454 e. The molecule has 7 heteroatoms. The van der Waals surface area contributed by atoms with Crippen molar-refractivity contribution < 1.29 is 22.8 Å². The Labute approximate surface area is 149 Å². The van der Waals surface area contributed by atoms with Gasteiger partial charge in [0.25, 0.3) is 5.78 Å². The number of hydrogen-bond donors (Lipinski definition) is 0. The van der Waals surface area contributed by atoms with Gasteiger partial charge in [-0.3, -0.25) is 9.59 Å². The fourth-order valence-electron chi connectivity index (χ4n) is 2.78. The molecule has 0 saturated carbocycles. The van der Waals surface area contributed by atoms with Gasteiger partial charge in [0.15, 0.2) is 0 Å². The second-order valence-electron chi connectivity index (χ2n) is 5.47. The number of ketones is 2. The third-order valence-corrected chi connectivity index (χ3v) is 4.42. The van der Waals surface area contributed by atoms with Gasteiger partial charge < -0.3 is 4.40 Å². The number of fused-ring (bicyclic) bond motifs is 1. The van der Waals surface area contributed by atoms with Gasteiger partial charge in [-0.1, -0.05) is 22.0 Å². The number of alkyl halides is 3. The molecule has 0 amide bonds. The average Bonchev–Trinajstić information content (AvgIpc) is 2.85. The van der Waals surface area contributed by atoms with Gasteiger partial charge in [-0.2, -0.15) is 13.2 Å². The molecule has 0 aliphatic carbocycles. The Morgan fingerprint density at radius 2 is 1.68 bits per heavy atom. The molecule has 2 aromatic heterocycles. The van der Waals surface area contributed by atoms with Crippen molar-refractivity contribution in [2.24, 2.45) is 0 Å². The van der Waals surface area contributed by atoms with E-state index in [0.29, 0.717) is 5.56 Å². The molecule has 0 radical (unpaired) electrons. The summed E-state index contributed by atoms with van der Waals surface area (Å²) in [5, 5.41) is 0. The maximum atomic E-state index is 13.0. The topological polar surface area (TPSA) is 38.5 Å². The highest BCUT2D eigenvalue weighted by molar-refractivity contribution is 9.10. The Hall–Kier alpha value is -2.41. The fraction of sp³-hybridized carbons (Fsp3) is 0.111. The Bertz CT molecular complexity index is 988. The highest BCUT2D eigenvalue weighted by Crippen LogP contribution is 2.31. The van der Waals surface area contributed by atoms with Crippen LogP contribution in [0, 0.1) is 6.92 Å². The van der Waals surface area contributed by atoms with E-state index in [2.05, 4.69) is 15.9 Å². The third kappa shape index (κ3) is 3.00. The van der Waals surface area contributed by atoms with Gasteiger partial charge in [-0.05, 0) is 48.9 Å². The number of pyridine rings is 1. The second kappa shape index (κ2) is 6.15. The molecule has 128 valence electrons. The lowest BCUT2D eigenvalue weighted by Gasteiger charge is -2.05. The van der Waals surface area contributed by atoms with E-state index in [1.165, 1.54) is 29.7 Å². The van der Waals surface area contributed by atoms with Crippen LogP contribution >= 0.6 is 15.9 Å². The molecule has 3 nitrogen and oxygen atoms in total. The van der Waals surface area contributed by atoms with Crippen LogP contribution < -0.4 is 0 Å². The molecule has 3 rings (SSSR count). The lowest BCUT2D eigenvalue weighted by atomic mass is 10.0. The number of carbonyl (C=O) groups excluding carboxylic acids is 2. The number of Topliss-reactive ketones (excluding diaryl/α,β-unsaturated/α-hetero) is 1. The van der Waals surface area contributed by atoms with Gasteiger partial charge in [0, 0.05) is 16.2 Å². The molecule has 1 aromatic carbocycles. The second-order valence-corrected chi connectivity index (χ2v) is 6.38. The smallest absolute Gasteiger partial charge is 0.313 e. The lowest BCUT2D eigenvalue weighted by Crippen LogP contribution is -2.23. The number of benzene rings is 1. The molecule has 0 aliphatic heterocycles. The van der Waals surface area contributed by atoms with E-state index in [9.17, 15) is 22.8 Å². The number of carbonyl (C=O) groups is 2. The highest BCUT2D eigenvalue weighted by Gasteiger charge is 2.42. The molecule has 3 aromatic rings. The Morgan fingerprint density at radius 3 is 2.28 bits per heavy atom. The number of nitrogens with zero attached hydrogens (tertiary/aromatic N) is 1. The fourth-order valence-corrected chi connectivity index (χ4v) is 3.04. The van der Waals surface area contributed by atoms with Crippen LogP contribution in [0.3, 0.4) is 0 Å². The van der Waals surface area contributed by atoms with E-state index in [1.54, 1.807) is 30.3 Å². The summed E-state index contributed by atoms with van der Waals surface area (Å²) in [5.74, 6) is -2.41. The van der Waals surface area contributed by atoms with Crippen molar-refractivity contribution in [1.82, 2.24) is 4.40 Å². The van der Waals surface area contributed by atoms with Crippen molar-refractivity contribution in [2.45, 2.75) is 13.1 Å². The van der Waals surface area contributed by atoms with Gasteiger partial charge in [0.1, 0.15) is 0 Å². The zero-order valence-corrected chi connectivity index (χ0v) is 14.5. The SMILES string of the molecule is Cc1c(C(=O)C(F)(F)F)c2ccccn2c1C(=O)c1ccc(Br)cc1. The predicted molar refractivity (Wildman–Crippen MR) is 90.1 cm³/mol. The summed E-state index contributed by atoms with van der Waals surface area (Å²) in [5.41, 5.74) is -0.0520. The van der Waals surface area contributed by atoms with Crippen molar-refractivity contribution in [3.05, 3.63) is 75.5 Å². The Balaban J connectivity index is 2.26. The van der Waals surface area contributed by atoms with E-state index in [1.807, 2.05) is 0 Å². The minimum Gasteiger partial charge on any atom is -0.313 e. The van der Waals surface area contributed by atoms with Crippen LogP contribution in [0.1, 0.15) is 32.0 Å². The van der Waals surface area contributed by atoms with Crippen LogP contribution in [-0.4, -0.2) is 22.1 Å². The van der Waals surface area contributed by atoms with Crippen molar-refractivity contribution in [3.8, 4) is 0 Å². The van der Waals surface area contributed by atoms with Crippen molar-refractivity contribution >= 4 is 33.0 Å². The van der Waals surface area contributed by atoms with Crippen LogP contribution in [0.15, 0.2) is 53.1 Å². The van der Waals surface area contributed by atoms with Crippen LogP contribution in [0.25, 0.3) is 5.52 Å². The summed E-state index contributed by atoms with van der Waals surface area (Å²) in [4.78, 5) is 24.7. The Kier molecular flexibility index (Phi) is 4.28. The molecule has 0 aliphatic rings. The van der Waals surface area contributed by atoms with Crippen molar-refractivity contribution in [2.75, 3.05) is 0 Å². The molecule has 0 N–H and O–H groups in total. The van der Waals surface area contributed by atoms with Gasteiger partial charge in [-0.25, -0.2) is 0 Å². The van der Waals surface area contributed by atoms with Gasteiger partial charge in [0.2, 0.25) is 5.78 Å². The molecule has 2 heterocycles. The minimum absolute atomic E-state index is 0.0152. The van der Waals surface area contributed by atoms with Gasteiger partial charge >= 0.3 is 6.18 Å². The molecule has 0 spiro atoms. The molecular weight excluding hydrogens is 399 g/mol. The van der Waals surface area contributed by atoms with Crippen LogP contribution in [0.4, 0.5) is 13.2 Å². The highest BCUT2D eigenvalue weighted by atomic mass is 79.9. The molecule has 0 bridgehead atoms. The lowest BCUT2D eigenvalue weighted by molar-refractivity contribution is -0.0884. The number of hydrogen-bond acceptors (Lipinski definition) is 2. The summed E-state index contributed by atoms with van der Waals surface area (Å²) in [7, 11) is 0. The normalized spacial score (nSPS) is 11.7. The van der Waals surface area contributed by atoms with Crippen LogP contribution in [0.5, 0.6) is 0 Å². The zero-order valence-electron chi connectivity index (χ0n) is 12.9. The van der Waals surface area contributed by atoms with Crippen LogP contribution in [-0.2, 0) is 0 Å². The predicted octanol–water partition coefficient (Wildman–Crippen LogP) is 4.99. The van der Waals surface area contributed by atoms with Crippen LogP contribution in [0.2, 0.25) is 0 Å². The number of aromatic nitrogens is 1. The molecule has 0 atom stereocenters. The number of rotatable bonds is 3. The van der Waals surface area contributed by atoms with E-state index >= 15 is 0 Å². The first-order valence-electron chi connectivity index (χ1n) is 7.23. The van der Waals surface area contributed by atoms with E-state index in [0.717, 1.165) is 4.47 Å². The first kappa shape index (κ1) is 17.4. The molecular formula is C18H11BrF3NO2. The minimum atomic E-state index is -5.01. The quantitative estimate of drug-likeness (QED) is 0.571. The van der Waals surface area contributed by atoms with E-state index < -0.39 is 23.3 Å². The summed E-state index contributed by atoms with van der Waals surface area (Å²) in [6.45, 7) is 1.36.